The number of nitrogens with one attached hydrogen (secondary N) is 9. The Bertz CT molecular complexity index is 5010. The van der Waals surface area contributed by atoms with E-state index in [2.05, 4.69) is 42.5 Å². The second kappa shape index (κ2) is 33.5. The number of ether oxygens (including phenoxy) is 5. The maximum Gasteiger partial charge on any atom is 0.264 e. The van der Waals surface area contributed by atoms with Gasteiger partial charge in [0.15, 0.2) is 11.5 Å². The van der Waals surface area contributed by atoms with Crippen LogP contribution in [0.3, 0.4) is 0 Å². The van der Waals surface area contributed by atoms with Crippen LogP contribution in [0.1, 0.15) is 128 Å². The lowest BCUT2D eigenvalue weighted by atomic mass is 9.54. The number of phenols is 1. The summed E-state index contributed by atoms with van der Waals surface area (Å²) in [4.78, 5) is 126. The number of fused-ring (bicyclic) bond motifs is 12. The third-order valence-corrected chi connectivity index (χ3v) is 24.9. The number of nitrogens with two attached hydrogens (primary N) is 1. The molecule has 5 fully saturated rings. The zero-order valence-electron chi connectivity index (χ0n) is 63.8. The molecule has 0 spiro atoms. The number of sulfonamides is 1. The molecule has 6 heterocycles. The van der Waals surface area contributed by atoms with E-state index < -0.39 is 200 Å². The molecule has 1 saturated heterocycles. The summed E-state index contributed by atoms with van der Waals surface area (Å²) in [5.74, 6) is -15.1. The van der Waals surface area contributed by atoms with Gasteiger partial charge in [0.25, 0.3) is 10.0 Å². The van der Waals surface area contributed by atoms with Crippen LogP contribution in [-0.4, -0.2) is 203 Å². The Morgan fingerprint density at radius 1 is 0.667 bits per heavy atom. The molecular weight excluding hydrogens is 1590 g/mol. The van der Waals surface area contributed by atoms with Gasteiger partial charge < -0.3 is 118 Å². The Hall–Kier alpha value is -9.83. The number of carbonyl (C=O) groups is 8. The van der Waals surface area contributed by atoms with Crippen LogP contribution >= 0.6 is 23.2 Å². The quantitative estimate of drug-likeness (QED) is 0.0545. The topological polar surface area (TPSA) is 516 Å². The summed E-state index contributed by atoms with van der Waals surface area (Å²) < 4.78 is 61.7. The second-order valence-electron chi connectivity index (χ2n) is 31.8. The molecule has 8 amide bonds. The fourth-order valence-corrected chi connectivity index (χ4v) is 18.7. The summed E-state index contributed by atoms with van der Waals surface area (Å²) in [6.45, 7) is 3.86. The predicted molar refractivity (Wildman–Crippen MR) is 415 cm³/mol. The average molecular weight is 1680 g/mol. The van der Waals surface area contributed by atoms with Gasteiger partial charge >= 0.3 is 0 Å². The maximum atomic E-state index is 16.5. The highest BCUT2D eigenvalue weighted by Crippen LogP contribution is 2.56. The summed E-state index contributed by atoms with van der Waals surface area (Å²) in [5.41, 5.74) is 3.76. The van der Waals surface area contributed by atoms with Gasteiger partial charge in [-0.05, 0) is 207 Å². The van der Waals surface area contributed by atoms with E-state index in [0.717, 1.165) is 80.6 Å². The normalized spacial score (nSPS) is 28.6. The van der Waals surface area contributed by atoms with Gasteiger partial charge in [0.05, 0.1) is 27.4 Å². The molecule has 6 aromatic rings. The van der Waals surface area contributed by atoms with Crippen LogP contribution in [0.5, 0.6) is 40.2 Å². The number of phenolic OH excluding ortho intramolecular Hbond substituents is 1. The van der Waals surface area contributed by atoms with Gasteiger partial charge in [0.2, 0.25) is 65.1 Å². The molecule has 37 heteroatoms. The van der Waals surface area contributed by atoms with E-state index in [4.69, 9.17) is 52.6 Å². The van der Waals surface area contributed by atoms with Gasteiger partial charge in [-0.2, -0.15) is 0 Å². The average Bonchev–Trinajstić information content (AvgIpc) is 1.56. The highest BCUT2D eigenvalue weighted by atomic mass is 35.5. The Morgan fingerprint density at radius 2 is 1.27 bits per heavy atom. The van der Waals surface area contributed by atoms with Crippen LogP contribution in [0.15, 0.2) is 108 Å². The first kappa shape index (κ1) is 83.7. The van der Waals surface area contributed by atoms with Gasteiger partial charge in [-0.25, -0.2) is 13.1 Å². The number of nitrogens with zero attached hydrogens (tertiary/aromatic N) is 1. The molecule has 117 heavy (non-hydrogen) atoms. The molecule has 6 aliphatic heterocycles. The first-order valence-electron chi connectivity index (χ1n) is 38.3. The Labute approximate surface area is 680 Å². The number of aliphatic hydroxyl groups excluding tert-OH is 5. The summed E-state index contributed by atoms with van der Waals surface area (Å²) in [6, 6.07) is 5.17. The van der Waals surface area contributed by atoms with Crippen LogP contribution in [0.4, 0.5) is 0 Å². The third-order valence-electron chi connectivity index (χ3n) is 23.0. The summed E-state index contributed by atoms with van der Waals surface area (Å²) in [7, 11) is 0.202. The summed E-state index contributed by atoms with van der Waals surface area (Å²) in [6.07, 6.45) is -10.5. The molecule has 34 nitrogen and oxygen atoms in total. The number of likely N-dealkylation sites (N-methyl/N-ethyl adjacent to an activating group) is 2. The lowest BCUT2D eigenvalue weighted by Gasteiger charge is -2.54. The number of benzene rings is 6. The number of rotatable bonds is 18. The monoisotopic (exact) mass is 1680 g/mol. The Balaban J connectivity index is 0.950. The maximum absolute atomic E-state index is 16.5. The standard InChI is InChI=1S/C80H91Cl2N11O23S/c1-33(2)18-51(84-3)72(101)90-64-66(96)37-7-14-53(49(81)25-37)113-55-27-41-28-56(71(55)116-79-70(100)69(99)68(98)57(32-83)115-79)114-54-15-8-38(26-50(54)82)67(97)65-78(107)89-63(76(105)86-60-39-20-34-19-35(22-39)23-40(60)21-34)46-29-42(94)30-48-59(46)45-24-36(6-13-47(45)80(48,108)109)61(74(103)91-65)88-75(104)62(41)87-73(102)52(85-77(64)106)31-58(95)92-117(110,111)44-11-9-43(10-12-44)112-17-16-93(4)5/h6-15,24-30,33-35,39-40,51-52,57,60-70,79,84,94,96-100,108-109H,16-23,31-32,83H2,1-5H3,(H,85,106)(H,86,105)(H,87,102)(H,88,104)(H,89,107)(H,90,101)(H,91,103)(H,92,95)/t34?,35?,39?,40?,51-,52+,57-,60?,61-,62-,63+,64-,65+,66-,67-,68-,69+,70-,79+/m1/s1. The van der Waals surface area contributed by atoms with Crippen molar-refractivity contribution in [2.45, 2.75) is 161 Å². The molecular formula is C80H91Cl2N11O23S. The zero-order chi connectivity index (χ0) is 83.7. The van der Waals surface area contributed by atoms with E-state index in [1.165, 1.54) is 61.6 Å². The zero-order valence-corrected chi connectivity index (χ0v) is 66.2. The minimum atomic E-state index is -4.89. The number of carbonyl (C=O) groups excluding carboxylic acids is 8. The second-order valence-corrected chi connectivity index (χ2v) is 34.3. The van der Waals surface area contributed by atoms with Gasteiger partial charge in [-0.3, -0.25) is 38.4 Å². The van der Waals surface area contributed by atoms with E-state index in [9.17, 15) is 58.9 Å². The number of halogens is 2. The molecule has 0 unspecified atom stereocenters. The van der Waals surface area contributed by atoms with Gasteiger partial charge in [0.1, 0.15) is 102 Å². The van der Waals surface area contributed by atoms with Crippen molar-refractivity contribution in [3.8, 4) is 51.4 Å². The van der Waals surface area contributed by atoms with Crippen LogP contribution in [0.2, 0.25) is 10.0 Å². The van der Waals surface area contributed by atoms with Crippen molar-refractivity contribution in [3.05, 3.63) is 152 Å². The molecule has 5 aliphatic carbocycles. The van der Waals surface area contributed by atoms with Crippen LogP contribution in [0, 0.1) is 29.6 Å². The molecule has 624 valence electrons. The first-order valence-corrected chi connectivity index (χ1v) is 40.6. The number of aliphatic hydroxyl groups is 7. The Morgan fingerprint density at radius 3 is 1.88 bits per heavy atom. The first-order chi connectivity index (χ1) is 55.6. The minimum Gasteiger partial charge on any atom is -0.508 e. The lowest BCUT2D eigenvalue weighted by Crippen LogP contribution is -2.60. The SMILES string of the molecule is CN[C@H](CC(C)C)C(=O)N[C@H]1C(=O)N[C@@H](CC(=O)NS(=O)(=O)c2ccc(OCCN(C)C)cc2)C(=O)N[C@H]2C(=O)N[C@H]3C(=O)N[C@H](C(=O)N[C@H](C(=O)NC4C5CC6CC(C5)CC4C6)c4cc(O)cc5c4-c4cc3ccc4C5(O)O)[C@H](O)c3ccc(c(Cl)c3)Oc3cc2cc(c3O[C@@H]2O[C@H](CN)[C@@H](O)[C@H](O)[C@H]2O)Oc2ccc(cc2Cl)[C@H]1O. The van der Waals surface area contributed by atoms with Crippen molar-refractivity contribution < 1.29 is 111 Å². The van der Waals surface area contributed by atoms with Crippen molar-refractivity contribution >= 4 is 80.5 Å². The van der Waals surface area contributed by atoms with Crippen molar-refractivity contribution in [1.29, 1.82) is 0 Å². The molecule has 4 saturated carbocycles. The van der Waals surface area contributed by atoms with E-state index in [1.54, 1.807) is 0 Å². The highest BCUT2D eigenvalue weighted by Gasteiger charge is 2.52. The molecule has 0 aromatic heterocycles. The molecule has 19 N–H and O–H groups in total. The molecule has 11 aliphatic rings. The summed E-state index contributed by atoms with van der Waals surface area (Å²) >= 11 is 14.3. The lowest BCUT2D eigenvalue weighted by molar-refractivity contribution is -0.270. The number of aromatic hydroxyl groups is 1. The van der Waals surface area contributed by atoms with Gasteiger partial charge in [0, 0.05) is 30.3 Å². The van der Waals surface area contributed by atoms with Crippen molar-refractivity contribution in [3.63, 3.8) is 0 Å². The fraction of sp³-hybridized carbons (Fsp3) is 0.450. The van der Waals surface area contributed by atoms with Crippen LogP contribution < -0.4 is 71.9 Å². The molecule has 6 aromatic carbocycles. The number of hydrogen-bond donors (Lipinski definition) is 18. The molecule has 17 rings (SSSR count). The third kappa shape index (κ3) is 17.0. The van der Waals surface area contributed by atoms with Crippen LogP contribution in [0.25, 0.3) is 11.1 Å². The van der Waals surface area contributed by atoms with Crippen molar-refractivity contribution in [2.24, 2.45) is 35.3 Å². The number of amides is 8. The van der Waals surface area contributed by atoms with E-state index in [0.29, 0.717) is 18.4 Å². The number of hydrogen-bond acceptors (Lipinski definition) is 26. The van der Waals surface area contributed by atoms with Crippen molar-refractivity contribution in [2.75, 3.05) is 40.8 Å². The van der Waals surface area contributed by atoms with E-state index in [-0.39, 0.29) is 104 Å². The fourth-order valence-electron chi connectivity index (χ4n) is 17.3. The van der Waals surface area contributed by atoms with E-state index in [1.807, 2.05) is 37.6 Å². The van der Waals surface area contributed by atoms with Crippen molar-refractivity contribution in [1.82, 2.24) is 52.2 Å². The smallest absolute Gasteiger partial charge is 0.264 e. The van der Waals surface area contributed by atoms with E-state index >= 15 is 28.8 Å². The van der Waals surface area contributed by atoms with Crippen LogP contribution in [-0.2, 0) is 58.9 Å². The minimum absolute atomic E-state index is 0.0728. The molecule has 15 bridgehead atoms. The highest BCUT2D eigenvalue weighted by molar-refractivity contribution is 7.90. The molecule has 0 radical (unpaired) electrons. The molecule has 14 atom stereocenters. The summed E-state index contributed by atoms with van der Waals surface area (Å²) in [5, 5.41) is 116. The van der Waals surface area contributed by atoms with Gasteiger partial charge in [-0.15, -0.1) is 0 Å². The largest absolute Gasteiger partial charge is 0.508 e. The van der Waals surface area contributed by atoms with Gasteiger partial charge in [-0.1, -0.05) is 61.3 Å². The predicted octanol–water partition coefficient (Wildman–Crippen LogP) is 1.74. The Kier molecular flexibility index (Phi) is 24.0.